The average molecular weight is 215 g/mol. The molecule has 1 fully saturated rings. The van der Waals surface area contributed by atoms with E-state index in [-0.39, 0.29) is 0 Å². The highest BCUT2D eigenvalue weighted by atomic mass is 15.5. The van der Waals surface area contributed by atoms with Gasteiger partial charge in [0.1, 0.15) is 0 Å². The van der Waals surface area contributed by atoms with E-state index in [1.165, 1.54) is 24.8 Å². The molecule has 0 radical (unpaired) electrons. The molecular formula is C13H17N3. The van der Waals surface area contributed by atoms with Crippen molar-refractivity contribution in [2.24, 2.45) is 0 Å². The van der Waals surface area contributed by atoms with Crippen LogP contribution in [0.1, 0.15) is 30.4 Å². The van der Waals surface area contributed by atoms with Gasteiger partial charge >= 0.3 is 0 Å². The van der Waals surface area contributed by atoms with Gasteiger partial charge in [0.25, 0.3) is 0 Å². The van der Waals surface area contributed by atoms with Gasteiger partial charge in [-0.3, -0.25) is 5.43 Å². The lowest BCUT2D eigenvalue weighted by molar-refractivity contribution is 0.151. The maximum atomic E-state index is 8.80. The summed E-state index contributed by atoms with van der Waals surface area (Å²) in [5.74, 6) is 0. The number of nitriles is 1. The van der Waals surface area contributed by atoms with Gasteiger partial charge in [-0.05, 0) is 30.5 Å². The highest BCUT2D eigenvalue weighted by Gasteiger charge is 2.08. The molecule has 0 spiro atoms. The third-order valence-corrected chi connectivity index (χ3v) is 2.92. The fraction of sp³-hybridized carbons (Fsp3) is 0.462. The fourth-order valence-electron chi connectivity index (χ4n) is 2.01. The van der Waals surface area contributed by atoms with Crippen LogP contribution >= 0.6 is 0 Å². The zero-order chi connectivity index (χ0) is 11.2. The first-order valence-electron chi connectivity index (χ1n) is 5.86. The summed E-state index contributed by atoms with van der Waals surface area (Å²) >= 11 is 0. The zero-order valence-electron chi connectivity index (χ0n) is 9.45. The maximum absolute atomic E-state index is 8.80. The Kier molecular flexibility index (Phi) is 3.92. The average Bonchev–Trinajstić information content (AvgIpc) is 2.38. The predicted octanol–water partition coefficient (Wildman–Crippen LogP) is 2.05. The molecule has 1 saturated heterocycles. The smallest absolute Gasteiger partial charge is 0.0991 e. The Bertz CT molecular complexity index is 375. The summed E-state index contributed by atoms with van der Waals surface area (Å²) in [6.07, 6.45) is 3.92. The van der Waals surface area contributed by atoms with Crippen LogP contribution in [0.4, 0.5) is 0 Å². The van der Waals surface area contributed by atoms with Crippen molar-refractivity contribution >= 4 is 0 Å². The van der Waals surface area contributed by atoms with Crippen LogP contribution in [0.3, 0.4) is 0 Å². The van der Waals surface area contributed by atoms with Gasteiger partial charge in [-0.2, -0.15) is 5.26 Å². The van der Waals surface area contributed by atoms with Gasteiger partial charge in [0, 0.05) is 19.6 Å². The Hall–Kier alpha value is -1.37. The van der Waals surface area contributed by atoms with E-state index in [1.807, 2.05) is 18.2 Å². The Balaban J connectivity index is 1.86. The zero-order valence-corrected chi connectivity index (χ0v) is 9.45. The molecule has 3 heteroatoms. The molecule has 3 nitrogen and oxygen atoms in total. The standard InChI is InChI=1S/C13H17N3/c14-10-12-5-4-6-13(9-12)11-15-16-7-2-1-3-8-16/h4-6,9,15H,1-3,7-8,11H2. The molecule has 0 aliphatic carbocycles. The Morgan fingerprint density at radius 1 is 1.25 bits per heavy atom. The van der Waals surface area contributed by atoms with E-state index in [2.05, 4.69) is 22.6 Å². The first kappa shape index (κ1) is 11.1. The van der Waals surface area contributed by atoms with E-state index in [1.54, 1.807) is 0 Å². The van der Waals surface area contributed by atoms with Crippen molar-refractivity contribution in [2.45, 2.75) is 25.8 Å². The number of nitrogens with zero attached hydrogens (tertiary/aromatic N) is 2. The molecule has 1 aliphatic heterocycles. The fourth-order valence-corrected chi connectivity index (χ4v) is 2.01. The van der Waals surface area contributed by atoms with Crippen LogP contribution in [-0.2, 0) is 6.54 Å². The van der Waals surface area contributed by atoms with Gasteiger partial charge < -0.3 is 0 Å². The molecule has 0 unspecified atom stereocenters. The molecule has 1 heterocycles. The predicted molar refractivity (Wildman–Crippen MR) is 63.4 cm³/mol. The molecule has 1 aromatic rings. The van der Waals surface area contributed by atoms with Crippen LogP contribution in [0, 0.1) is 11.3 Å². The SMILES string of the molecule is N#Cc1cccc(CNN2CCCCC2)c1. The molecule has 0 bridgehead atoms. The summed E-state index contributed by atoms with van der Waals surface area (Å²) in [4.78, 5) is 0. The van der Waals surface area contributed by atoms with E-state index >= 15 is 0 Å². The van der Waals surface area contributed by atoms with Crippen molar-refractivity contribution in [2.75, 3.05) is 13.1 Å². The van der Waals surface area contributed by atoms with Crippen LogP contribution in [0.15, 0.2) is 24.3 Å². The number of piperidine rings is 1. The quantitative estimate of drug-likeness (QED) is 0.838. The second-order valence-corrected chi connectivity index (χ2v) is 4.19. The second kappa shape index (κ2) is 5.64. The molecule has 16 heavy (non-hydrogen) atoms. The van der Waals surface area contributed by atoms with Crippen molar-refractivity contribution in [3.8, 4) is 6.07 Å². The molecule has 2 rings (SSSR count). The van der Waals surface area contributed by atoms with Crippen LogP contribution in [0.5, 0.6) is 0 Å². The summed E-state index contributed by atoms with van der Waals surface area (Å²) in [5.41, 5.74) is 5.32. The Morgan fingerprint density at radius 2 is 2.06 bits per heavy atom. The largest absolute Gasteiger partial charge is 0.251 e. The second-order valence-electron chi connectivity index (χ2n) is 4.19. The summed E-state index contributed by atoms with van der Waals surface area (Å²) < 4.78 is 0. The van der Waals surface area contributed by atoms with Crippen LogP contribution in [0.2, 0.25) is 0 Å². The van der Waals surface area contributed by atoms with Gasteiger partial charge in [-0.1, -0.05) is 18.6 Å². The van der Waals surface area contributed by atoms with E-state index in [4.69, 9.17) is 5.26 Å². The number of nitrogens with one attached hydrogen (secondary N) is 1. The van der Waals surface area contributed by atoms with Gasteiger partial charge in [0.2, 0.25) is 0 Å². The lowest BCUT2D eigenvalue weighted by atomic mass is 10.1. The number of hydrogen-bond donors (Lipinski definition) is 1. The van der Waals surface area contributed by atoms with Crippen LogP contribution in [0.25, 0.3) is 0 Å². The molecule has 0 saturated carbocycles. The Morgan fingerprint density at radius 3 is 2.81 bits per heavy atom. The van der Waals surface area contributed by atoms with Crippen molar-refractivity contribution in [1.29, 1.82) is 5.26 Å². The minimum absolute atomic E-state index is 0.734. The third kappa shape index (κ3) is 3.06. The maximum Gasteiger partial charge on any atom is 0.0991 e. The van der Waals surface area contributed by atoms with E-state index in [0.29, 0.717) is 0 Å². The number of hydrazine groups is 1. The topological polar surface area (TPSA) is 39.1 Å². The van der Waals surface area contributed by atoms with Crippen molar-refractivity contribution in [1.82, 2.24) is 10.4 Å². The minimum Gasteiger partial charge on any atom is -0.251 e. The lowest BCUT2D eigenvalue weighted by Gasteiger charge is -2.27. The van der Waals surface area contributed by atoms with Crippen molar-refractivity contribution < 1.29 is 0 Å². The molecule has 0 aromatic heterocycles. The highest BCUT2D eigenvalue weighted by molar-refractivity contribution is 5.32. The van der Waals surface area contributed by atoms with E-state index in [0.717, 1.165) is 25.2 Å². The molecule has 1 N–H and O–H groups in total. The minimum atomic E-state index is 0.734. The lowest BCUT2D eigenvalue weighted by Crippen LogP contribution is -2.41. The third-order valence-electron chi connectivity index (χ3n) is 2.92. The first-order chi connectivity index (χ1) is 7.88. The summed E-state index contributed by atoms with van der Waals surface area (Å²) in [6.45, 7) is 3.09. The molecular weight excluding hydrogens is 198 g/mol. The highest BCUT2D eigenvalue weighted by Crippen LogP contribution is 2.08. The van der Waals surface area contributed by atoms with Crippen molar-refractivity contribution in [3.63, 3.8) is 0 Å². The summed E-state index contributed by atoms with van der Waals surface area (Å²) in [6, 6.07) is 9.93. The normalized spacial score (nSPS) is 16.9. The molecule has 0 amide bonds. The van der Waals surface area contributed by atoms with Gasteiger partial charge in [-0.25, -0.2) is 5.01 Å². The number of rotatable bonds is 3. The van der Waals surface area contributed by atoms with Gasteiger partial charge in [0.15, 0.2) is 0 Å². The van der Waals surface area contributed by atoms with Crippen LogP contribution in [-0.4, -0.2) is 18.1 Å². The van der Waals surface area contributed by atoms with Crippen LogP contribution < -0.4 is 5.43 Å². The first-order valence-corrected chi connectivity index (χ1v) is 5.86. The Labute approximate surface area is 96.7 Å². The monoisotopic (exact) mass is 215 g/mol. The molecule has 1 aromatic carbocycles. The summed E-state index contributed by atoms with van der Waals surface area (Å²) in [7, 11) is 0. The van der Waals surface area contributed by atoms with E-state index in [9.17, 15) is 0 Å². The summed E-state index contributed by atoms with van der Waals surface area (Å²) in [5, 5.41) is 11.1. The number of benzene rings is 1. The molecule has 84 valence electrons. The molecule has 0 atom stereocenters. The van der Waals surface area contributed by atoms with Gasteiger partial charge in [0.05, 0.1) is 11.6 Å². The molecule has 1 aliphatic rings. The van der Waals surface area contributed by atoms with E-state index < -0.39 is 0 Å². The van der Waals surface area contributed by atoms with Gasteiger partial charge in [-0.15, -0.1) is 0 Å². The number of hydrogen-bond acceptors (Lipinski definition) is 3. The van der Waals surface area contributed by atoms with Crippen molar-refractivity contribution in [3.05, 3.63) is 35.4 Å².